The van der Waals surface area contributed by atoms with E-state index in [0.29, 0.717) is 13.2 Å². The molecule has 0 spiro atoms. The summed E-state index contributed by atoms with van der Waals surface area (Å²) in [5.41, 5.74) is 1.35. The summed E-state index contributed by atoms with van der Waals surface area (Å²) in [6.45, 7) is 1.03. The minimum absolute atomic E-state index is 0.113. The molecular formula is C17H16ClFN2O2. The molecule has 1 saturated heterocycles. The lowest BCUT2D eigenvalue weighted by atomic mass is 9.95. The summed E-state index contributed by atoms with van der Waals surface area (Å²) in [7, 11) is 0. The summed E-state index contributed by atoms with van der Waals surface area (Å²) in [5.74, 6) is -0.703. The molecular weight excluding hydrogens is 319 g/mol. The van der Waals surface area contributed by atoms with Gasteiger partial charge >= 0.3 is 0 Å². The first-order chi connectivity index (χ1) is 11.1. The lowest BCUT2D eigenvalue weighted by Gasteiger charge is -2.19. The zero-order valence-electron chi connectivity index (χ0n) is 12.3. The van der Waals surface area contributed by atoms with Crippen LogP contribution in [0.25, 0.3) is 0 Å². The van der Waals surface area contributed by atoms with Crippen LogP contribution in [0.5, 0.6) is 0 Å². The van der Waals surface area contributed by atoms with Crippen LogP contribution < -0.4 is 5.32 Å². The normalized spacial score (nSPS) is 20.4. The van der Waals surface area contributed by atoms with E-state index in [1.165, 1.54) is 18.2 Å². The molecule has 2 aromatic rings. The Kier molecular flexibility index (Phi) is 4.88. The van der Waals surface area contributed by atoms with Gasteiger partial charge in [-0.25, -0.2) is 4.39 Å². The van der Waals surface area contributed by atoms with Gasteiger partial charge in [0.2, 0.25) is 0 Å². The van der Waals surface area contributed by atoms with Gasteiger partial charge in [0.15, 0.2) is 0 Å². The monoisotopic (exact) mass is 334 g/mol. The number of nitrogens with one attached hydrogen (secondary N) is 1. The molecule has 23 heavy (non-hydrogen) atoms. The van der Waals surface area contributed by atoms with Crippen molar-refractivity contribution in [2.24, 2.45) is 5.92 Å². The average molecular weight is 335 g/mol. The first-order valence-electron chi connectivity index (χ1n) is 7.35. The Labute approximate surface area is 138 Å². The van der Waals surface area contributed by atoms with Crippen molar-refractivity contribution in [3.05, 3.63) is 64.7 Å². The fourth-order valence-electron chi connectivity index (χ4n) is 2.72. The van der Waals surface area contributed by atoms with Crippen molar-refractivity contribution < 1.29 is 13.9 Å². The number of ether oxygens (including phenoxy) is 1. The molecule has 2 heterocycles. The lowest BCUT2D eigenvalue weighted by molar-refractivity contribution is 0.0924. The van der Waals surface area contributed by atoms with Crippen LogP contribution in [0.4, 0.5) is 4.39 Å². The van der Waals surface area contributed by atoms with Crippen LogP contribution in [0.3, 0.4) is 0 Å². The molecule has 3 rings (SSSR count). The molecule has 0 bridgehead atoms. The highest BCUT2D eigenvalue weighted by Crippen LogP contribution is 2.20. The molecule has 1 amide bonds. The molecule has 0 unspecified atom stereocenters. The standard InChI is InChI=1S/C17H16ClFN2O2/c18-14-6-12(7-15(19)8-14)17(22)21-16-10-23-9-13(16)5-11-1-3-20-4-2-11/h1-4,6-8,13,16H,5,9-10H2,(H,21,22)/t13-,16+/m1/s1. The first kappa shape index (κ1) is 15.9. The number of hydrogen-bond donors (Lipinski definition) is 1. The molecule has 6 heteroatoms. The van der Waals surface area contributed by atoms with Crippen LogP contribution >= 0.6 is 11.6 Å². The lowest BCUT2D eigenvalue weighted by Crippen LogP contribution is -2.40. The highest BCUT2D eigenvalue weighted by atomic mass is 35.5. The van der Waals surface area contributed by atoms with Gasteiger partial charge in [-0.3, -0.25) is 9.78 Å². The fraction of sp³-hybridized carbons (Fsp3) is 0.294. The molecule has 1 fully saturated rings. The van der Waals surface area contributed by atoms with Crippen LogP contribution in [-0.2, 0) is 11.2 Å². The molecule has 1 aromatic heterocycles. The molecule has 0 saturated carbocycles. The predicted molar refractivity (Wildman–Crippen MR) is 84.9 cm³/mol. The predicted octanol–water partition coefficient (Wildman–Crippen LogP) is 2.86. The van der Waals surface area contributed by atoms with E-state index in [2.05, 4.69) is 10.3 Å². The molecule has 4 nitrogen and oxygen atoms in total. The summed E-state index contributed by atoms with van der Waals surface area (Å²) in [6, 6.07) is 7.58. The number of rotatable bonds is 4. The van der Waals surface area contributed by atoms with E-state index in [9.17, 15) is 9.18 Å². The third-order valence-electron chi connectivity index (χ3n) is 3.89. The summed E-state index contributed by atoms with van der Waals surface area (Å²) in [4.78, 5) is 16.3. The van der Waals surface area contributed by atoms with Crippen LogP contribution in [0.2, 0.25) is 5.02 Å². The van der Waals surface area contributed by atoms with E-state index in [-0.39, 0.29) is 28.5 Å². The van der Waals surface area contributed by atoms with Crippen molar-refractivity contribution in [2.45, 2.75) is 12.5 Å². The second-order valence-electron chi connectivity index (χ2n) is 5.60. The van der Waals surface area contributed by atoms with E-state index in [1.54, 1.807) is 12.4 Å². The van der Waals surface area contributed by atoms with Gasteiger partial charge < -0.3 is 10.1 Å². The molecule has 1 aromatic carbocycles. The Morgan fingerprint density at radius 2 is 2.09 bits per heavy atom. The SMILES string of the molecule is O=C(N[C@H]1COC[C@H]1Cc1ccncc1)c1cc(F)cc(Cl)c1. The van der Waals surface area contributed by atoms with Gasteiger partial charge in [0.05, 0.1) is 19.3 Å². The smallest absolute Gasteiger partial charge is 0.251 e. The van der Waals surface area contributed by atoms with E-state index in [4.69, 9.17) is 16.3 Å². The largest absolute Gasteiger partial charge is 0.379 e. The highest BCUT2D eigenvalue weighted by molar-refractivity contribution is 6.31. The Bertz CT molecular complexity index is 676. The Hall–Kier alpha value is -1.98. The van der Waals surface area contributed by atoms with E-state index in [1.807, 2.05) is 12.1 Å². The zero-order chi connectivity index (χ0) is 16.2. The van der Waals surface area contributed by atoms with Crippen LogP contribution in [0.15, 0.2) is 42.7 Å². The van der Waals surface area contributed by atoms with Crippen molar-refractivity contribution in [3.63, 3.8) is 0 Å². The van der Waals surface area contributed by atoms with Gasteiger partial charge in [0.1, 0.15) is 5.82 Å². The Morgan fingerprint density at radius 1 is 1.30 bits per heavy atom. The van der Waals surface area contributed by atoms with Gasteiger partial charge in [-0.2, -0.15) is 0 Å². The molecule has 0 aliphatic carbocycles. The molecule has 0 radical (unpaired) electrons. The second-order valence-corrected chi connectivity index (χ2v) is 6.03. The van der Waals surface area contributed by atoms with E-state index >= 15 is 0 Å². The van der Waals surface area contributed by atoms with Crippen molar-refractivity contribution >= 4 is 17.5 Å². The number of amides is 1. The fourth-order valence-corrected chi connectivity index (χ4v) is 2.94. The maximum atomic E-state index is 13.4. The summed E-state index contributed by atoms with van der Waals surface area (Å²) < 4.78 is 18.9. The average Bonchev–Trinajstić information content (AvgIpc) is 2.94. The van der Waals surface area contributed by atoms with E-state index in [0.717, 1.165) is 12.0 Å². The Morgan fingerprint density at radius 3 is 2.83 bits per heavy atom. The minimum atomic E-state index is -0.529. The van der Waals surface area contributed by atoms with Crippen molar-refractivity contribution in [2.75, 3.05) is 13.2 Å². The van der Waals surface area contributed by atoms with Crippen LogP contribution in [-0.4, -0.2) is 30.1 Å². The third-order valence-corrected chi connectivity index (χ3v) is 4.11. The minimum Gasteiger partial charge on any atom is -0.379 e. The van der Waals surface area contributed by atoms with Crippen molar-refractivity contribution in [3.8, 4) is 0 Å². The molecule has 120 valence electrons. The number of benzene rings is 1. The van der Waals surface area contributed by atoms with Crippen molar-refractivity contribution in [1.29, 1.82) is 0 Å². The topological polar surface area (TPSA) is 51.2 Å². The van der Waals surface area contributed by atoms with Crippen LogP contribution in [0.1, 0.15) is 15.9 Å². The maximum Gasteiger partial charge on any atom is 0.251 e. The molecule has 2 atom stereocenters. The summed E-state index contributed by atoms with van der Waals surface area (Å²) >= 11 is 5.80. The number of hydrogen-bond acceptors (Lipinski definition) is 3. The van der Waals surface area contributed by atoms with Crippen molar-refractivity contribution in [1.82, 2.24) is 10.3 Å². The number of nitrogens with zero attached hydrogens (tertiary/aromatic N) is 1. The third kappa shape index (κ3) is 4.06. The van der Waals surface area contributed by atoms with Gasteiger partial charge in [-0.15, -0.1) is 0 Å². The zero-order valence-corrected chi connectivity index (χ0v) is 13.1. The molecule has 1 N–H and O–H groups in total. The van der Waals surface area contributed by atoms with Crippen LogP contribution in [0, 0.1) is 11.7 Å². The molecule has 1 aliphatic rings. The van der Waals surface area contributed by atoms with E-state index < -0.39 is 5.82 Å². The summed E-state index contributed by atoms with van der Waals surface area (Å²) in [5, 5.41) is 3.12. The number of pyridine rings is 1. The Balaban J connectivity index is 1.67. The number of halogens is 2. The number of aromatic nitrogens is 1. The highest BCUT2D eigenvalue weighted by Gasteiger charge is 2.30. The first-order valence-corrected chi connectivity index (χ1v) is 7.73. The number of carbonyl (C=O) groups excluding carboxylic acids is 1. The van der Waals surface area contributed by atoms with Gasteiger partial charge in [0, 0.05) is 28.9 Å². The molecule has 1 aliphatic heterocycles. The van der Waals surface area contributed by atoms with Gasteiger partial charge in [0.25, 0.3) is 5.91 Å². The van der Waals surface area contributed by atoms with Gasteiger partial charge in [-0.1, -0.05) is 11.6 Å². The maximum absolute atomic E-state index is 13.4. The second kappa shape index (κ2) is 7.06. The number of carbonyl (C=O) groups is 1. The summed E-state index contributed by atoms with van der Waals surface area (Å²) in [6.07, 6.45) is 4.28. The van der Waals surface area contributed by atoms with Gasteiger partial charge in [-0.05, 0) is 42.3 Å². The quantitative estimate of drug-likeness (QED) is 0.935.